The Morgan fingerprint density at radius 2 is 1.85 bits per heavy atom. The van der Waals surface area contributed by atoms with E-state index in [0.717, 1.165) is 16.8 Å². The van der Waals surface area contributed by atoms with Crippen molar-refractivity contribution in [2.24, 2.45) is 0 Å². The number of nitrogens with one attached hydrogen (secondary N) is 1. The molecule has 0 spiro atoms. The number of anilines is 2. The highest BCUT2D eigenvalue weighted by Crippen LogP contribution is 2.27. The summed E-state index contributed by atoms with van der Waals surface area (Å²) < 4.78 is 0. The maximum atomic E-state index is 5.97. The van der Waals surface area contributed by atoms with Crippen molar-refractivity contribution in [3.8, 4) is 0 Å². The van der Waals surface area contributed by atoms with Gasteiger partial charge in [-0.1, -0.05) is 30.3 Å². The van der Waals surface area contributed by atoms with Gasteiger partial charge in [0, 0.05) is 12.4 Å². The van der Waals surface area contributed by atoms with Crippen LogP contribution in [0.15, 0.2) is 36.4 Å². The Bertz CT molecular complexity index is 435. The van der Waals surface area contributed by atoms with Crippen LogP contribution < -0.4 is 11.1 Å². The molecule has 0 saturated carbocycles. The minimum Gasteiger partial charge on any atom is -0.397 e. The molecule has 2 rings (SSSR count). The molecule has 0 radical (unpaired) electrons. The smallest absolute Gasteiger partial charge is 0.0629 e. The van der Waals surface area contributed by atoms with Gasteiger partial charge in [0.1, 0.15) is 0 Å². The summed E-state index contributed by atoms with van der Waals surface area (Å²) in [5.74, 6) is 0. The van der Waals surface area contributed by atoms with Gasteiger partial charge in [-0.3, -0.25) is 0 Å². The molecule has 66 valence electrons. The van der Waals surface area contributed by atoms with Crippen LogP contribution in [0.5, 0.6) is 0 Å². The molecule has 13 heavy (non-hydrogen) atoms. The van der Waals surface area contributed by atoms with Crippen LogP contribution in [0, 0.1) is 0 Å². The molecule has 0 aliphatic carbocycles. The van der Waals surface area contributed by atoms with Gasteiger partial charge < -0.3 is 11.1 Å². The molecule has 3 N–H and O–H groups in total. The number of rotatable bonds is 1. The van der Waals surface area contributed by atoms with Crippen LogP contribution in [0.25, 0.3) is 10.8 Å². The Morgan fingerprint density at radius 1 is 1.08 bits per heavy atom. The molecule has 0 saturated heterocycles. The first-order chi connectivity index (χ1) is 6.33. The topological polar surface area (TPSA) is 38.0 Å². The fourth-order valence-corrected chi connectivity index (χ4v) is 1.51. The molecular formula is C11H12N2. The van der Waals surface area contributed by atoms with E-state index in [-0.39, 0.29) is 0 Å². The van der Waals surface area contributed by atoms with Crippen molar-refractivity contribution < 1.29 is 0 Å². The predicted molar refractivity (Wildman–Crippen MR) is 57.9 cm³/mol. The average Bonchev–Trinajstić information content (AvgIpc) is 2.19. The van der Waals surface area contributed by atoms with Gasteiger partial charge in [-0.25, -0.2) is 0 Å². The van der Waals surface area contributed by atoms with Gasteiger partial charge in [0.05, 0.1) is 11.4 Å². The zero-order chi connectivity index (χ0) is 9.26. The Hall–Kier alpha value is -1.70. The lowest BCUT2D eigenvalue weighted by Crippen LogP contribution is -1.95. The third-order valence-corrected chi connectivity index (χ3v) is 2.24. The fraction of sp³-hybridized carbons (Fsp3) is 0.0909. The molecule has 0 heterocycles. The van der Waals surface area contributed by atoms with Gasteiger partial charge in [-0.05, 0) is 11.5 Å². The lowest BCUT2D eigenvalue weighted by Gasteiger charge is -2.07. The first kappa shape index (κ1) is 7.92. The van der Waals surface area contributed by atoms with Gasteiger partial charge in [0.2, 0.25) is 0 Å². The lowest BCUT2D eigenvalue weighted by atomic mass is 10.1. The summed E-state index contributed by atoms with van der Waals surface area (Å²) in [4.78, 5) is 0. The Balaban J connectivity index is 2.79. The van der Waals surface area contributed by atoms with Crippen LogP contribution in [-0.4, -0.2) is 7.05 Å². The summed E-state index contributed by atoms with van der Waals surface area (Å²) in [5, 5.41) is 5.35. The molecule has 2 heteroatoms. The number of benzene rings is 2. The summed E-state index contributed by atoms with van der Waals surface area (Å²) >= 11 is 0. The highest BCUT2D eigenvalue weighted by atomic mass is 14.8. The molecule has 0 atom stereocenters. The van der Waals surface area contributed by atoms with Crippen LogP contribution in [0.3, 0.4) is 0 Å². The van der Waals surface area contributed by atoms with E-state index in [0.29, 0.717) is 0 Å². The molecule has 0 aliphatic heterocycles. The second kappa shape index (κ2) is 2.98. The molecule has 0 amide bonds. The van der Waals surface area contributed by atoms with E-state index in [1.807, 2.05) is 31.3 Å². The number of nitrogens with two attached hydrogens (primary N) is 1. The van der Waals surface area contributed by atoms with E-state index in [1.54, 1.807) is 0 Å². The molecule has 2 nitrogen and oxygen atoms in total. The summed E-state index contributed by atoms with van der Waals surface area (Å²) in [6.45, 7) is 0. The van der Waals surface area contributed by atoms with Crippen LogP contribution in [0.1, 0.15) is 0 Å². The van der Waals surface area contributed by atoms with Gasteiger partial charge >= 0.3 is 0 Å². The molecule has 2 aromatic carbocycles. The maximum Gasteiger partial charge on any atom is 0.0629 e. The minimum absolute atomic E-state index is 0.820. The van der Waals surface area contributed by atoms with Crippen molar-refractivity contribution >= 4 is 22.1 Å². The van der Waals surface area contributed by atoms with Crippen LogP contribution in [0.4, 0.5) is 11.4 Å². The van der Waals surface area contributed by atoms with Crippen molar-refractivity contribution in [3.63, 3.8) is 0 Å². The molecule has 0 fully saturated rings. The first-order valence-electron chi connectivity index (χ1n) is 4.28. The van der Waals surface area contributed by atoms with Gasteiger partial charge in [-0.15, -0.1) is 0 Å². The number of fused-ring (bicyclic) bond motifs is 1. The Labute approximate surface area is 77.4 Å². The summed E-state index contributed by atoms with van der Waals surface area (Å²) in [6, 6.07) is 12.2. The number of hydrogen-bond acceptors (Lipinski definition) is 2. The lowest BCUT2D eigenvalue weighted by molar-refractivity contribution is 1.53. The van der Waals surface area contributed by atoms with Gasteiger partial charge in [0.25, 0.3) is 0 Å². The second-order valence-corrected chi connectivity index (χ2v) is 3.00. The largest absolute Gasteiger partial charge is 0.397 e. The third-order valence-electron chi connectivity index (χ3n) is 2.24. The summed E-state index contributed by atoms with van der Waals surface area (Å²) in [5.41, 5.74) is 7.77. The normalized spacial score (nSPS) is 10.2. The quantitative estimate of drug-likeness (QED) is 0.648. The average molecular weight is 172 g/mol. The highest BCUT2D eigenvalue weighted by Gasteiger charge is 2.00. The highest BCUT2D eigenvalue weighted by molar-refractivity contribution is 5.98. The standard InChI is InChI=1S/C11H12N2/c1-13-10-7-6-8-4-2-3-5-9(8)11(10)12/h2-7,13H,12H2,1H3. The van der Waals surface area contributed by atoms with Gasteiger partial charge in [0.15, 0.2) is 0 Å². The van der Waals surface area contributed by atoms with Crippen LogP contribution >= 0.6 is 0 Å². The van der Waals surface area contributed by atoms with Crippen molar-refractivity contribution in [3.05, 3.63) is 36.4 Å². The van der Waals surface area contributed by atoms with E-state index in [9.17, 15) is 0 Å². The first-order valence-corrected chi connectivity index (χ1v) is 4.28. The van der Waals surface area contributed by atoms with Crippen molar-refractivity contribution in [2.45, 2.75) is 0 Å². The SMILES string of the molecule is CNc1ccc2ccccc2c1N. The van der Waals surface area contributed by atoms with Crippen LogP contribution in [0.2, 0.25) is 0 Å². The number of hydrogen-bond donors (Lipinski definition) is 2. The van der Waals surface area contributed by atoms with E-state index < -0.39 is 0 Å². The van der Waals surface area contributed by atoms with Gasteiger partial charge in [-0.2, -0.15) is 0 Å². The van der Waals surface area contributed by atoms with Crippen molar-refractivity contribution in [2.75, 3.05) is 18.1 Å². The summed E-state index contributed by atoms with van der Waals surface area (Å²) in [6.07, 6.45) is 0. The Kier molecular flexibility index (Phi) is 1.81. The molecule has 0 aromatic heterocycles. The monoisotopic (exact) mass is 172 g/mol. The zero-order valence-electron chi connectivity index (χ0n) is 7.54. The molecular weight excluding hydrogens is 160 g/mol. The predicted octanol–water partition coefficient (Wildman–Crippen LogP) is 2.46. The molecule has 0 bridgehead atoms. The van der Waals surface area contributed by atoms with E-state index in [2.05, 4.69) is 17.4 Å². The van der Waals surface area contributed by atoms with E-state index >= 15 is 0 Å². The van der Waals surface area contributed by atoms with Crippen LogP contribution in [-0.2, 0) is 0 Å². The zero-order valence-corrected chi connectivity index (χ0v) is 7.54. The maximum absolute atomic E-state index is 5.97. The molecule has 0 aliphatic rings. The van der Waals surface area contributed by atoms with Crippen molar-refractivity contribution in [1.29, 1.82) is 0 Å². The second-order valence-electron chi connectivity index (χ2n) is 3.00. The van der Waals surface area contributed by atoms with E-state index in [1.165, 1.54) is 5.39 Å². The number of nitrogen functional groups attached to an aromatic ring is 1. The third kappa shape index (κ3) is 1.20. The summed E-state index contributed by atoms with van der Waals surface area (Å²) in [7, 11) is 1.88. The molecule has 0 unspecified atom stereocenters. The minimum atomic E-state index is 0.820. The van der Waals surface area contributed by atoms with Crippen molar-refractivity contribution in [1.82, 2.24) is 0 Å². The van der Waals surface area contributed by atoms with E-state index in [4.69, 9.17) is 5.73 Å². The fourth-order valence-electron chi connectivity index (χ4n) is 1.51. The Morgan fingerprint density at radius 3 is 2.62 bits per heavy atom. The molecule has 2 aromatic rings.